The number of ether oxygens (including phenoxy) is 1. The molecule has 3 heteroatoms. The molecule has 3 fully saturated rings. The third kappa shape index (κ3) is 2.63. The fourth-order valence-corrected chi connectivity index (χ4v) is 6.08. The first-order valence-corrected chi connectivity index (χ1v) is 9.59. The molecule has 2 aliphatic carbocycles. The van der Waals surface area contributed by atoms with E-state index in [0.717, 1.165) is 18.9 Å². The van der Waals surface area contributed by atoms with Crippen LogP contribution in [0.5, 0.6) is 0 Å². The largest absolute Gasteiger partial charge is 0.378 e. The van der Waals surface area contributed by atoms with Crippen molar-refractivity contribution in [2.75, 3.05) is 6.61 Å². The Balaban J connectivity index is 1.87. The van der Waals surface area contributed by atoms with Crippen LogP contribution in [-0.2, 0) is 9.53 Å². The second-order valence-electron chi connectivity index (χ2n) is 9.73. The lowest BCUT2D eigenvalue weighted by molar-refractivity contribution is -0.144. The molecule has 132 valence electrons. The van der Waals surface area contributed by atoms with Crippen LogP contribution in [0.4, 0.5) is 0 Å². The standard InChI is InChI=1S/C20H35NO2/c1-12(2)9-16(22)21-18-19(5,6)14-10-15-17(13(3)4)23-8-7-20(15,18)11-14/h12-15,17-18H,7-11H2,1-6H3,(H,21,22)/t14-,15-,17-,18+,20-/m1/s1. The molecule has 2 saturated carbocycles. The molecule has 3 rings (SSSR count). The van der Waals surface area contributed by atoms with Gasteiger partial charge in [0.15, 0.2) is 0 Å². The zero-order chi connectivity index (χ0) is 17.0. The van der Waals surface area contributed by atoms with Gasteiger partial charge >= 0.3 is 0 Å². The maximum absolute atomic E-state index is 12.5. The molecule has 1 N–H and O–H groups in total. The van der Waals surface area contributed by atoms with Crippen LogP contribution in [0.15, 0.2) is 0 Å². The van der Waals surface area contributed by atoms with E-state index in [1.807, 2.05) is 0 Å². The number of carbonyl (C=O) groups excluding carboxylic acids is 1. The Morgan fingerprint density at radius 3 is 2.57 bits per heavy atom. The molecule has 23 heavy (non-hydrogen) atoms. The summed E-state index contributed by atoms with van der Waals surface area (Å²) in [6.45, 7) is 14.4. The molecular weight excluding hydrogens is 286 g/mol. The molecule has 5 atom stereocenters. The van der Waals surface area contributed by atoms with Crippen LogP contribution in [0.25, 0.3) is 0 Å². The zero-order valence-corrected chi connectivity index (χ0v) is 15.8. The van der Waals surface area contributed by atoms with Gasteiger partial charge in [0.1, 0.15) is 0 Å². The van der Waals surface area contributed by atoms with Crippen molar-refractivity contribution >= 4 is 5.91 Å². The van der Waals surface area contributed by atoms with E-state index in [-0.39, 0.29) is 16.7 Å². The van der Waals surface area contributed by atoms with E-state index >= 15 is 0 Å². The molecule has 0 aromatic heterocycles. The maximum atomic E-state index is 12.5. The molecule has 1 aliphatic heterocycles. The van der Waals surface area contributed by atoms with E-state index < -0.39 is 0 Å². The van der Waals surface area contributed by atoms with Crippen molar-refractivity contribution in [3.8, 4) is 0 Å². The van der Waals surface area contributed by atoms with Crippen molar-refractivity contribution in [2.24, 2.45) is 34.5 Å². The van der Waals surface area contributed by atoms with Crippen molar-refractivity contribution in [1.29, 1.82) is 0 Å². The van der Waals surface area contributed by atoms with Gasteiger partial charge in [0.05, 0.1) is 6.10 Å². The second-order valence-corrected chi connectivity index (χ2v) is 9.73. The molecule has 1 amide bonds. The minimum atomic E-state index is 0.210. The maximum Gasteiger partial charge on any atom is 0.220 e. The molecule has 2 bridgehead atoms. The number of hydrogen-bond donors (Lipinski definition) is 1. The lowest BCUT2D eigenvalue weighted by Crippen LogP contribution is -2.60. The summed E-state index contributed by atoms with van der Waals surface area (Å²) in [5, 5.41) is 3.49. The molecule has 0 unspecified atom stereocenters. The molecule has 1 spiro atoms. The highest BCUT2D eigenvalue weighted by Gasteiger charge is 2.68. The normalized spacial score (nSPS) is 41.4. The Labute approximate surface area is 141 Å². The minimum absolute atomic E-state index is 0.210. The number of rotatable bonds is 4. The van der Waals surface area contributed by atoms with E-state index in [1.165, 1.54) is 12.8 Å². The lowest BCUT2D eigenvalue weighted by atomic mass is 9.58. The van der Waals surface area contributed by atoms with Gasteiger partial charge in [0.25, 0.3) is 0 Å². The topological polar surface area (TPSA) is 38.3 Å². The number of nitrogens with one attached hydrogen (secondary N) is 1. The highest BCUT2D eigenvalue weighted by Crippen LogP contribution is 2.69. The van der Waals surface area contributed by atoms with Gasteiger partial charge in [-0.1, -0.05) is 41.5 Å². The summed E-state index contributed by atoms with van der Waals surface area (Å²) in [6.07, 6.45) is 4.69. The zero-order valence-electron chi connectivity index (χ0n) is 15.8. The van der Waals surface area contributed by atoms with Crippen molar-refractivity contribution < 1.29 is 9.53 Å². The molecule has 1 heterocycles. The summed E-state index contributed by atoms with van der Waals surface area (Å²) in [7, 11) is 0. The van der Waals surface area contributed by atoms with E-state index in [9.17, 15) is 4.79 Å². The molecule has 1 saturated heterocycles. The monoisotopic (exact) mass is 321 g/mol. The van der Waals surface area contributed by atoms with Gasteiger partial charge in [-0.2, -0.15) is 0 Å². The molecule has 3 nitrogen and oxygen atoms in total. The van der Waals surface area contributed by atoms with Crippen LogP contribution >= 0.6 is 0 Å². The third-order valence-corrected chi connectivity index (χ3v) is 7.10. The SMILES string of the molecule is CC(C)CC(=O)N[C@H]1C(C)(C)[C@@H]2C[C@@H]3[C@@H](C(C)C)OCC[C@@]31C2. The van der Waals surface area contributed by atoms with Crippen molar-refractivity contribution in [3.63, 3.8) is 0 Å². The van der Waals surface area contributed by atoms with Gasteiger partial charge < -0.3 is 10.1 Å². The second kappa shape index (κ2) is 5.75. The van der Waals surface area contributed by atoms with Crippen LogP contribution in [0.1, 0.15) is 67.2 Å². The lowest BCUT2D eigenvalue weighted by Gasteiger charge is -2.54. The Morgan fingerprint density at radius 1 is 1.26 bits per heavy atom. The summed E-state index contributed by atoms with van der Waals surface area (Å²) in [6, 6.07) is 0.315. The molecular formula is C20H35NO2. The number of carbonyl (C=O) groups is 1. The Hall–Kier alpha value is -0.570. The van der Waals surface area contributed by atoms with Gasteiger partial charge in [-0.25, -0.2) is 0 Å². The molecule has 3 aliphatic rings. The summed E-state index contributed by atoms with van der Waals surface area (Å²) in [5.74, 6) is 2.57. The summed E-state index contributed by atoms with van der Waals surface area (Å²) in [5.41, 5.74) is 0.482. The summed E-state index contributed by atoms with van der Waals surface area (Å²) >= 11 is 0. The first-order chi connectivity index (χ1) is 10.7. The van der Waals surface area contributed by atoms with Crippen LogP contribution in [0.2, 0.25) is 0 Å². The van der Waals surface area contributed by atoms with Gasteiger partial charge in [-0.15, -0.1) is 0 Å². The Bertz CT molecular complexity index is 470. The first kappa shape index (κ1) is 17.3. The van der Waals surface area contributed by atoms with Crippen molar-refractivity contribution in [1.82, 2.24) is 5.32 Å². The van der Waals surface area contributed by atoms with Crippen LogP contribution in [0.3, 0.4) is 0 Å². The number of fused-ring (bicyclic) bond motifs is 1. The van der Waals surface area contributed by atoms with E-state index in [2.05, 4.69) is 46.9 Å². The third-order valence-electron chi connectivity index (χ3n) is 7.10. The van der Waals surface area contributed by atoms with Crippen LogP contribution in [0, 0.1) is 34.5 Å². The quantitative estimate of drug-likeness (QED) is 0.849. The van der Waals surface area contributed by atoms with Gasteiger partial charge in [-0.05, 0) is 53.8 Å². The summed E-state index contributed by atoms with van der Waals surface area (Å²) < 4.78 is 6.17. The highest BCUT2D eigenvalue weighted by atomic mass is 16.5. The van der Waals surface area contributed by atoms with Gasteiger partial charge in [0.2, 0.25) is 5.91 Å². The van der Waals surface area contributed by atoms with E-state index in [1.54, 1.807) is 0 Å². The van der Waals surface area contributed by atoms with Gasteiger partial charge in [-0.3, -0.25) is 4.79 Å². The number of amides is 1. The van der Waals surface area contributed by atoms with Crippen LogP contribution < -0.4 is 5.32 Å². The average molecular weight is 322 g/mol. The average Bonchev–Trinajstić information content (AvgIpc) is 2.91. The van der Waals surface area contributed by atoms with E-state index in [0.29, 0.717) is 36.3 Å². The fourth-order valence-electron chi connectivity index (χ4n) is 6.08. The smallest absolute Gasteiger partial charge is 0.220 e. The Kier molecular flexibility index (Phi) is 4.32. The highest BCUT2D eigenvalue weighted by molar-refractivity contribution is 5.76. The predicted molar refractivity (Wildman–Crippen MR) is 93.0 cm³/mol. The summed E-state index contributed by atoms with van der Waals surface area (Å²) in [4.78, 5) is 12.5. The minimum Gasteiger partial charge on any atom is -0.378 e. The Morgan fingerprint density at radius 2 is 1.96 bits per heavy atom. The molecule has 0 radical (unpaired) electrons. The first-order valence-electron chi connectivity index (χ1n) is 9.59. The predicted octanol–water partition coefficient (Wildman–Crippen LogP) is 4.01. The van der Waals surface area contributed by atoms with Crippen molar-refractivity contribution in [3.05, 3.63) is 0 Å². The molecule has 0 aromatic rings. The number of hydrogen-bond acceptors (Lipinski definition) is 2. The van der Waals surface area contributed by atoms with Gasteiger partial charge in [0, 0.05) is 19.1 Å². The molecule has 0 aromatic carbocycles. The van der Waals surface area contributed by atoms with Crippen LogP contribution in [-0.4, -0.2) is 24.7 Å². The van der Waals surface area contributed by atoms with Crippen molar-refractivity contribution in [2.45, 2.75) is 79.4 Å². The van der Waals surface area contributed by atoms with E-state index in [4.69, 9.17) is 4.74 Å². The fraction of sp³-hybridized carbons (Fsp3) is 0.950.